The summed E-state index contributed by atoms with van der Waals surface area (Å²) in [6.07, 6.45) is 4.04. The fourth-order valence-electron chi connectivity index (χ4n) is 4.01. The van der Waals surface area contributed by atoms with Crippen LogP contribution in [0.2, 0.25) is 0 Å². The molecule has 0 atom stereocenters. The summed E-state index contributed by atoms with van der Waals surface area (Å²) in [5, 5.41) is 0. The van der Waals surface area contributed by atoms with Gasteiger partial charge in [0.15, 0.2) is 0 Å². The van der Waals surface area contributed by atoms with Crippen molar-refractivity contribution >= 4 is 21.6 Å². The quantitative estimate of drug-likeness (QED) is 0.617. The molecule has 0 N–H and O–H groups in total. The molecule has 1 saturated carbocycles. The van der Waals surface area contributed by atoms with Gasteiger partial charge >= 0.3 is 0 Å². The first-order valence-corrected chi connectivity index (χ1v) is 12.6. The number of hydrogen-bond acceptors (Lipinski definition) is 4. The molecular weight excluding hydrogens is 412 g/mol. The average molecular weight is 443 g/mol. The number of anilines is 1. The topological polar surface area (TPSA) is 66.9 Å². The first-order chi connectivity index (χ1) is 14.9. The van der Waals surface area contributed by atoms with Gasteiger partial charge in [-0.05, 0) is 79.6 Å². The maximum Gasteiger partial charge on any atom is 0.258 e. The lowest BCUT2D eigenvalue weighted by Gasteiger charge is -2.30. The Morgan fingerprint density at radius 3 is 2.45 bits per heavy atom. The summed E-state index contributed by atoms with van der Waals surface area (Å²) in [5.74, 6) is 1.39. The zero-order valence-corrected chi connectivity index (χ0v) is 19.0. The van der Waals surface area contributed by atoms with Gasteiger partial charge in [-0.2, -0.15) is 4.31 Å². The van der Waals surface area contributed by atoms with Gasteiger partial charge in [0.1, 0.15) is 5.75 Å². The molecule has 6 nitrogen and oxygen atoms in total. The zero-order chi connectivity index (χ0) is 22.0. The van der Waals surface area contributed by atoms with Gasteiger partial charge in [-0.25, -0.2) is 8.42 Å². The smallest absolute Gasteiger partial charge is 0.258 e. The highest BCUT2D eigenvalue weighted by Gasteiger charge is 2.27. The van der Waals surface area contributed by atoms with Crippen LogP contribution in [0.4, 0.5) is 5.69 Å². The Labute approximate surface area is 184 Å². The molecule has 0 spiro atoms. The summed E-state index contributed by atoms with van der Waals surface area (Å²) >= 11 is 0. The van der Waals surface area contributed by atoms with Crippen LogP contribution in [0.1, 0.15) is 49.0 Å². The zero-order valence-electron chi connectivity index (χ0n) is 18.2. The Hall–Kier alpha value is -2.38. The van der Waals surface area contributed by atoms with Crippen LogP contribution in [0.25, 0.3) is 0 Å². The number of aryl methyl sites for hydroxylation is 1. The first-order valence-electron chi connectivity index (χ1n) is 11.1. The van der Waals surface area contributed by atoms with Gasteiger partial charge in [-0.1, -0.05) is 13.8 Å². The molecule has 7 heteroatoms. The molecule has 2 aliphatic rings. The van der Waals surface area contributed by atoms with Gasteiger partial charge < -0.3 is 9.64 Å². The van der Waals surface area contributed by atoms with E-state index in [0.29, 0.717) is 36.0 Å². The lowest BCUT2D eigenvalue weighted by molar-refractivity contribution is 0.0985. The van der Waals surface area contributed by atoms with Crippen LogP contribution in [-0.4, -0.2) is 44.9 Å². The molecule has 1 amide bonds. The lowest BCUT2D eigenvalue weighted by Crippen LogP contribution is -2.36. The van der Waals surface area contributed by atoms with Gasteiger partial charge in [0.25, 0.3) is 5.91 Å². The summed E-state index contributed by atoms with van der Waals surface area (Å²) in [6.45, 7) is 5.89. The molecule has 0 aromatic heterocycles. The minimum atomic E-state index is -3.52. The molecule has 31 heavy (non-hydrogen) atoms. The second kappa shape index (κ2) is 9.01. The van der Waals surface area contributed by atoms with E-state index in [9.17, 15) is 13.2 Å². The van der Waals surface area contributed by atoms with Crippen molar-refractivity contribution in [2.45, 2.75) is 44.4 Å². The van der Waals surface area contributed by atoms with Crippen molar-refractivity contribution in [2.24, 2.45) is 5.92 Å². The first kappa shape index (κ1) is 21.8. The lowest BCUT2D eigenvalue weighted by atomic mass is 10.0. The normalized spacial score (nSPS) is 16.3. The van der Waals surface area contributed by atoms with Gasteiger partial charge in [-0.3, -0.25) is 4.79 Å². The number of rotatable bonds is 8. The van der Waals surface area contributed by atoms with Crippen molar-refractivity contribution in [2.75, 3.05) is 31.1 Å². The van der Waals surface area contributed by atoms with Crippen LogP contribution in [0.3, 0.4) is 0 Å². The van der Waals surface area contributed by atoms with Gasteiger partial charge in [0.2, 0.25) is 10.0 Å². The third-order valence-corrected chi connectivity index (χ3v) is 8.09. The Morgan fingerprint density at radius 2 is 1.81 bits per heavy atom. The number of nitrogens with zero attached hydrogens (tertiary/aromatic N) is 2. The highest BCUT2D eigenvalue weighted by molar-refractivity contribution is 7.89. The summed E-state index contributed by atoms with van der Waals surface area (Å²) in [7, 11) is -3.52. The molecule has 0 bridgehead atoms. The van der Waals surface area contributed by atoms with E-state index < -0.39 is 10.0 Å². The van der Waals surface area contributed by atoms with E-state index in [4.69, 9.17) is 4.74 Å². The predicted molar refractivity (Wildman–Crippen MR) is 121 cm³/mol. The number of hydrogen-bond donors (Lipinski definition) is 0. The van der Waals surface area contributed by atoms with Crippen molar-refractivity contribution in [3.63, 3.8) is 0 Å². The molecule has 0 radical (unpaired) electrons. The largest absolute Gasteiger partial charge is 0.493 e. The molecule has 1 aliphatic heterocycles. The molecular formula is C24H30N2O4S. The maximum absolute atomic E-state index is 13.2. The maximum atomic E-state index is 13.2. The highest BCUT2D eigenvalue weighted by atomic mass is 32.2. The predicted octanol–water partition coefficient (Wildman–Crippen LogP) is 4.10. The minimum Gasteiger partial charge on any atom is -0.493 e. The van der Waals surface area contributed by atoms with Crippen LogP contribution in [0.15, 0.2) is 47.4 Å². The molecule has 2 aromatic rings. The van der Waals surface area contributed by atoms with Gasteiger partial charge in [0.05, 0.1) is 11.5 Å². The SMILES string of the molecule is CCN(CC)S(=O)(=O)c1ccc2c(c1)CCCN2C(=O)c1ccc(OCC2CC2)cc1. The molecule has 0 unspecified atom stereocenters. The number of carbonyl (C=O) groups is 1. The summed E-state index contributed by atoms with van der Waals surface area (Å²) in [6, 6.07) is 12.4. The third-order valence-electron chi connectivity index (χ3n) is 6.04. The van der Waals surface area contributed by atoms with Crippen LogP contribution >= 0.6 is 0 Å². The fraction of sp³-hybridized carbons (Fsp3) is 0.458. The van der Waals surface area contributed by atoms with Crippen LogP contribution in [-0.2, 0) is 16.4 Å². The molecule has 2 aromatic carbocycles. The monoisotopic (exact) mass is 442 g/mol. The van der Waals surface area contributed by atoms with Crippen molar-refractivity contribution in [1.82, 2.24) is 4.31 Å². The molecule has 1 heterocycles. The molecule has 0 saturated heterocycles. The van der Waals surface area contributed by atoms with Gasteiger partial charge in [-0.15, -0.1) is 0 Å². The molecule has 1 fully saturated rings. The van der Waals surface area contributed by atoms with E-state index in [0.717, 1.165) is 36.4 Å². The Morgan fingerprint density at radius 1 is 1.10 bits per heavy atom. The summed E-state index contributed by atoms with van der Waals surface area (Å²) < 4.78 is 33.0. The fourth-order valence-corrected chi connectivity index (χ4v) is 5.51. The summed E-state index contributed by atoms with van der Waals surface area (Å²) in [4.78, 5) is 15.2. The van der Waals surface area contributed by atoms with Crippen molar-refractivity contribution in [3.8, 4) is 5.75 Å². The van der Waals surface area contributed by atoms with E-state index in [1.54, 1.807) is 35.2 Å². The highest BCUT2D eigenvalue weighted by Crippen LogP contribution is 2.32. The third kappa shape index (κ3) is 4.62. The number of carbonyl (C=O) groups excluding carboxylic acids is 1. The molecule has 4 rings (SSSR count). The number of sulfonamides is 1. The number of amides is 1. The Balaban J connectivity index is 1.54. The molecule has 166 valence electrons. The van der Waals surface area contributed by atoms with E-state index >= 15 is 0 Å². The minimum absolute atomic E-state index is 0.0750. The number of benzene rings is 2. The number of fused-ring (bicyclic) bond motifs is 1. The second-order valence-corrected chi connectivity index (χ2v) is 10.2. The Kier molecular flexibility index (Phi) is 6.34. The van der Waals surface area contributed by atoms with Crippen LogP contribution in [0, 0.1) is 5.92 Å². The van der Waals surface area contributed by atoms with Crippen molar-refractivity contribution in [1.29, 1.82) is 0 Å². The second-order valence-electron chi connectivity index (χ2n) is 8.22. The van der Waals surface area contributed by atoms with Crippen molar-refractivity contribution < 1.29 is 17.9 Å². The average Bonchev–Trinajstić information content (AvgIpc) is 3.62. The van der Waals surface area contributed by atoms with Gasteiger partial charge in [0, 0.05) is 30.9 Å². The van der Waals surface area contributed by atoms with E-state index in [1.165, 1.54) is 17.1 Å². The van der Waals surface area contributed by atoms with E-state index in [2.05, 4.69) is 0 Å². The van der Waals surface area contributed by atoms with Crippen LogP contribution < -0.4 is 9.64 Å². The Bertz CT molecular complexity index is 1040. The van der Waals surface area contributed by atoms with E-state index in [-0.39, 0.29) is 5.91 Å². The number of ether oxygens (including phenoxy) is 1. The van der Waals surface area contributed by atoms with Crippen LogP contribution in [0.5, 0.6) is 5.75 Å². The summed E-state index contributed by atoms with van der Waals surface area (Å²) in [5.41, 5.74) is 2.30. The standard InChI is InChI=1S/C24H30N2O4S/c1-3-25(4-2)31(28,29)22-13-14-23-20(16-22)6-5-15-26(23)24(27)19-9-11-21(12-10-19)30-17-18-7-8-18/h9-14,16,18H,3-8,15,17H2,1-2H3. The van der Waals surface area contributed by atoms with E-state index in [1.807, 2.05) is 26.0 Å². The molecule has 1 aliphatic carbocycles. The van der Waals surface area contributed by atoms with Crippen molar-refractivity contribution in [3.05, 3.63) is 53.6 Å².